The molecular formula is C24H21ClN5O3+. The number of nitrogens with zero attached hydrogens (tertiary/aromatic N) is 3. The summed E-state index contributed by atoms with van der Waals surface area (Å²) in [5.41, 5.74) is 4.63. The van der Waals surface area contributed by atoms with Gasteiger partial charge in [-0.05, 0) is 48.7 Å². The first-order valence-electron chi connectivity index (χ1n) is 10.5. The summed E-state index contributed by atoms with van der Waals surface area (Å²) in [6.45, 7) is 3.25. The molecule has 0 aliphatic carbocycles. The van der Waals surface area contributed by atoms with Crippen molar-refractivity contribution in [3.63, 3.8) is 0 Å². The lowest BCUT2D eigenvalue weighted by molar-refractivity contribution is -0.359. The monoisotopic (exact) mass is 462 g/mol. The van der Waals surface area contributed by atoms with Crippen LogP contribution in [-0.4, -0.2) is 39.1 Å². The number of hydrogen-bond acceptors (Lipinski definition) is 5. The minimum atomic E-state index is -0.992. The lowest BCUT2D eigenvalue weighted by Gasteiger charge is -2.26. The highest BCUT2D eigenvalue weighted by Crippen LogP contribution is 2.32. The Morgan fingerprint density at radius 2 is 2.06 bits per heavy atom. The number of aryl methyl sites for hydroxylation is 1. The minimum Gasteiger partial charge on any atom is -0.478 e. The van der Waals surface area contributed by atoms with Gasteiger partial charge in [0.15, 0.2) is 11.0 Å². The number of H-pyrrole nitrogens is 2. The van der Waals surface area contributed by atoms with E-state index in [2.05, 4.69) is 30.9 Å². The number of nitrogens with one attached hydrogen (secondary N) is 2. The molecule has 33 heavy (non-hydrogen) atoms. The van der Waals surface area contributed by atoms with Crippen LogP contribution in [0.4, 0.5) is 5.95 Å². The van der Waals surface area contributed by atoms with Crippen LogP contribution in [-0.2, 0) is 0 Å². The Labute approximate surface area is 194 Å². The minimum absolute atomic E-state index is 0.202. The third-order valence-corrected chi connectivity index (χ3v) is 5.97. The van der Waals surface area contributed by atoms with Crippen LogP contribution in [0.3, 0.4) is 0 Å². The number of ether oxygens (including phenoxy) is 1. The van der Waals surface area contributed by atoms with E-state index in [0.717, 1.165) is 41.1 Å². The summed E-state index contributed by atoms with van der Waals surface area (Å²) in [5.74, 6) is 0.149. The molecule has 3 N–H and O–H groups in total. The van der Waals surface area contributed by atoms with Crippen molar-refractivity contribution >= 4 is 40.1 Å². The Kier molecular flexibility index (Phi) is 5.43. The molecule has 1 aliphatic rings. The highest BCUT2D eigenvalue weighted by molar-refractivity contribution is 6.33. The quantitative estimate of drug-likeness (QED) is 0.451. The molecule has 9 heteroatoms. The summed E-state index contributed by atoms with van der Waals surface area (Å²) in [6.07, 6.45) is 6.45. The largest absolute Gasteiger partial charge is 0.478 e. The number of carbonyl (C=O) groups is 1. The fourth-order valence-corrected chi connectivity index (χ4v) is 4.20. The zero-order valence-electron chi connectivity index (χ0n) is 17.8. The summed E-state index contributed by atoms with van der Waals surface area (Å²) in [4.78, 5) is 28.5. The maximum atomic E-state index is 11.4. The molecule has 0 radical (unpaired) electrons. The highest BCUT2D eigenvalue weighted by Gasteiger charge is 2.20. The molecule has 0 saturated carbocycles. The fourth-order valence-electron chi connectivity index (χ4n) is 3.92. The topological polar surface area (TPSA) is 105 Å². The van der Waals surface area contributed by atoms with Gasteiger partial charge in [0.1, 0.15) is 5.75 Å². The van der Waals surface area contributed by atoms with Gasteiger partial charge in [-0.1, -0.05) is 23.7 Å². The van der Waals surface area contributed by atoms with E-state index >= 15 is 0 Å². The zero-order chi connectivity index (χ0) is 22.9. The number of rotatable bonds is 5. The SMILES string of the molecule is Cc1ccc(Oc2[nH]c3cc(Cl)c(C4=CCN(c5ncccn5)CC4)cc3[nH+]2)cc1C(=O)O. The Morgan fingerprint density at radius 3 is 2.79 bits per heavy atom. The van der Waals surface area contributed by atoms with Crippen molar-refractivity contribution in [1.29, 1.82) is 0 Å². The average molecular weight is 463 g/mol. The molecule has 0 amide bonds. The summed E-state index contributed by atoms with van der Waals surface area (Å²) >= 11 is 6.61. The standard InChI is InChI=1S/C24H20ClN5O3/c1-14-3-4-16(11-17(14)22(31)32)33-24-28-20-12-18(19(25)13-21(20)29-24)15-5-9-30(10-6-15)23-26-7-2-8-27-23/h2-5,7-8,11-13H,6,9-10H2,1H3,(H,28,29)(H,31,32)/p+1. The maximum Gasteiger partial charge on any atom is 0.458 e. The molecule has 8 nitrogen and oxygen atoms in total. The molecule has 0 spiro atoms. The Hall–Kier alpha value is -3.91. The van der Waals surface area contributed by atoms with Crippen molar-refractivity contribution in [2.45, 2.75) is 13.3 Å². The Balaban J connectivity index is 1.39. The van der Waals surface area contributed by atoms with Crippen LogP contribution in [0, 0.1) is 6.92 Å². The number of aromatic amines is 2. The molecular weight excluding hydrogens is 442 g/mol. The number of anilines is 1. The molecule has 166 valence electrons. The molecule has 0 unspecified atom stereocenters. The van der Waals surface area contributed by atoms with E-state index in [1.807, 2.05) is 12.1 Å². The van der Waals surface area contributed by atoms with Crippen LogP contribution >= 0.6 is 11.6 Å². The second kappa shape index (κ2) is 8.55. The Bertz CT molecular complexity index is 1380. The number of aromatic nitrogens is 4. The first-order chi connectivity index (χ1) is 16.0. The summed E-state index contributed by atoms with van der Waals surface area (Å²) < 4.78 is 5.84. The molecule has 5 rings (SSSR count). The van der Waals surface area contributed by atoms with Crippen LogP contribution in [0.5, 0.6) is 11.8 Å². The molecule has 0 saturated heterocycles. The van der Waals surface area contributed by atoms with E-state index in [-0.39, 0.29) is 5.56 Å². The van der Waals surface area contributed by atoms with Gasteiger partial charge in [-0.3, -0.25) is 0 Å². The van der Waals surface area contributed by atoms with Gasteiger partial charge >= 0.3 is 12.0 Å². The van der Waals surface area contributed by atoms with Crippen LogP contribution in [0.1, 0.15) is 27.9 Å². The van der Waals surface area contributed by atoms with Gasteiger partial charge in [0.2, 0.25) is 5.95 Å². The predicted octanol–water partition coefficient (Wildman–Crippen LogP) is 4.52. The van der Waals surface area contributed by atoms with E-state index in [0.29, 0.717) is 28.9 Å². The first kappa shape index (κ1) is 21.0. The third-order valence-electron chi connectivity index (χ3n) is 5.65. The van der Waals surface area contributed by atoms with Gasteiger partial charge in [0.25, 0.3) is 0 Å². The normalized spacial score (nSPS) is 13.8. The number of halogens is 1. The van der Waals surface area contributed by atoms with Crippen LogP contribution in [0.2, 0.25) is 5.02 Å². The maximum absolute atomic E-state index is 11.4. The molecule has 0 bridgehead atoms. The molecule has 3 heterocycles. The van der Waals surface area contributed by atoms with E-state index < -0.39 is 5.97 Å². The molecule has 0 fully saturated rings. The molecule has 2 aromatic carbocycles. The van der Waals surface area contributed by atoms with Gasteiger partial charge < -0.3 is 14.7 Å². The number of aromatic carboxylic acids is 1. The van der Waals surface area contributed by atoms with Gasteiger partial charge in [0.05, 0.1) is 10.6 Å². The van der Waals surface area contributed by atoms with Crippen molar-refractivity contribution in [2.75, 3.05) is 18.0 Å². The first-order valence-corrected chi connectivity index (χ1v) is 10.8. The summed E-state index contributed by atoms with van der Waals surface area (Å²) in [6, 6.07) is 11.0. The lowest BCUT2D eigenvalue weighted by Crippen LogP contribution is -2.29. The fraction of sp³-hybridized carbons (Fsp3) is 0.167. The van der Waals surface area contributed by atoms with Crippen molar-refractivity contribution in [1.82, 2.24) is 15.0 Å². The second-order valence-corrected chi connectivity index (χ2v) is 8.22. The van der Waals surface area contributed by atoms with Gasteiger partial charge in [-0.25, -0.2) is 24.7 Å². The molecule has 1 aliphatic heterocycles. The van der Waals surface area contributed by atoms with Gasteiger partial charge in [-0.15, -0.1) is 0 Å². The number of carboxylic acids is 1. The van der Waals surface area contributed by atoms with Crippen LogP contribution in [0.25, 0.3) is 16.6 Å². The van der Waals surface area contributed by atoms with Crippen molar-refractivity contribution in [3.05, 3.63) is 76.6 Å². The predicted molar refractivity (Wildman–Crippen MR) is 125 cm³/mol. The Morgan fingerprint density at radius 1 is 1.24 bits per heavy atom. The number of benzene rings is 2. The highest BCUT2D eigenvalue weighted by atomic mass is 35.5. The molecule has 2 aromatic heterocycles. The van der Waals surface area contributed by atoms with Crippen molar-refractivity contribution in [2.24, 2.45) is 0 Å². The van der Waals surface area contributed by atoms with E-state index in [1.54, 1.807) is 37.5 Å². The number of hydrogen-bond donors (Lipinski definition) is 2. The average Bonchev–Trinajstić information content (AvgIpc) is 3.21. The number of imidazole rings is 1. The third kappa shape index (κ3) is 4.25. The molecule has 0 atom stereocenters. The van der Waals surface area contributed by atoms with Gasteiger partial charge in [0, 0.05) is 37.1 Å². The lowest BCUT2D eigenvalue weighted by atomic mass is 9.99. The van der Waals surface area contributed by atoms with Crippen molar-refractivity contribution in [3.8, 4) is 11.8 Å². The summed E-state index contributed by atoms with van der Waals surface area (Å²) in [7, 11) is 0. The number of carboxylic acid groups (broad SMARTS) is 1. The van der Waals surface area contributed by atoms with Crippen molar-refractivity contribution < 1.29 is 19.6 Å². The smallest absolute Gasteiger partial charge is 0.458 e. The van der Waals surface area contributed by atoms with Crippen LogP contribution < -0.4 is 14.6 Å². The van der Waals surface area contributed by atoms with Gasteiger partial charge in [-0.2, -0.15) is 0 Å². The van der Waals surface area contributed by atoms with E-state index in [1.165, 1.54) is 6.07 Å². The van der Waals surface area contributed by atoms with Crippen LogP contribution in [0.15, 0.2) is 54.9 Å². The second-order valence-electron chi connectivity index (χ2n) is 7.81. The summed E-state index contributed by atoms with van der Waals surface area (Å²) in [5, 5.41) is 9.98. The number of fused-ring (bicyclic) bond motifs is 1. The van der Waals surface area contributed by atoms with E-state index in [4.69, 9.17) is 16.3 Å². The van der Waals surface area contributed by atoms with E-state index in [9.17, 15) is 9.90 Å². The molecule has 4 aromatic rings. The zero-order valence-corrected chi connectivity index (χ0v) is 18.6.